The van der Waals surface area contributed by atoms with Gasteiger partial charge in [-0.15, -0.1) is 0 Å². The molecular formula is C14H19N3O3S. The molecule has 0 radical (unpaired) electrons. The van der Waals surface area contributed by atoms with Crippen molar-refractivity contribution >= 4 is 10.0 Å². The Morgan fingerprint density at radius 3 is 2.38 bits per heavy atom. The number of sulfonamides is 1. The lowest BCUT2D eigenvalue weighted by molar-refractivity contribution is 0.321. The Bertz CT molecular complexity index is 728. The van der Waals surface area contributed by atoms with Crippen LogP contribution in [0, 0.1) is 13.8 Å². The van der Waals surface area contributed by atoms with Gasteiger partial charge < -0.3 is 4.74 Å². The van der Waals surface area contributed by atoms with Crippen LogP contribution in [0.4, 0.5) is 0 Å². The first-order valence-electron chi connectivity index (χ1n) is 6.52. The van der Waals surface area contributed by atoms with Gasteiger partial charge in [0.1, 0.15) is 5.75 Å². The summed E-state index contributed by atoms with van der Waals surface area (Å²) in [7, 11) is -1.84. The van der Waals surface area contributed by atoms with E-state index in [0.29, 0.717) is 23.5 Å². The quantitative estimate of drug-likeness (QED) is 0.902. The van der Waals surface area contributed by atoms with Crippen LogP contribution in [-0.2, 0) is 23.5 Å². The molecule has 0 aliphatic heterocycles. The van der Waals surface area contributed by atoms with E-state index >= 15 is 0 Å². The molecule has 0 spiro atoms. The first-order valence-corrected chi connectivity index (χ1v) is 8.06. The van der Waals surface area contributed by atoms with Crippen LogP contribution < -0.4 is 9.88 Å². The number of aryl methyl sites for hydroxylation is 3. The first-order chi connectivity index (χ1) is 9.77. The molecule has 2 rings (SSSR count). The topological polar surface area (TPSA) is 87.2 Å². The van der Waals surface area contributed by atoms with Gasteiger partial charge >= 0.3 is 0 Å². The number of rotatable bonds is 5. The molecule has 0 unspecified atom stereocenters. The van der Waals surface area contributed by atoms with Gasteiger partial charge in [-0.1, -0.05) is 0 Å². The zero-order valence-electron chi connectivity index (χ0n) is 12.3. The fourth-order valence-electron chi connectivity index (χ4n) is 2.33. The summed E-state index contributed by atoms with van der Waals surface area (Å²) in [5.41, 5.74) is 2.27. The van der Waals surface area contributed by atoms with E-state index in [4.69, 9.17) is 9.88 Å². The van der Waals surface area contributed by atoms with Crippen LogP contribution in [0.2, 0.25) is 0 Å². The van der Waals surface area contributed by atoms with Crippen molar-refractivity contribution in [2.45, 2.75) is 25.2 Å². The predicted octanol–water partition coefficient (Wildman–Crippen LogP) is 1.31. The predicted molar refractivity (Wildman–Crippen MR) is 79.7 cm³/mol. The highest BCUT2D eigenvalue weighted by Gasteiger charge is 2.16. The Morgan fingerprint density at radius 2 is 1.90 bits per heavy atom. The summed E-state index contributed by atoms with van der Waals surface area (Å²) in [5.74, 6) is 0.640. The van der Waals surface area contributed by atoms with Crippen molar-refractivity contribution in [3.8, 4) is 5.75 Å². The van der Waals surface area contributed by atoms with Gasteiger partial charge in [-0.05, 0) is 42.7 Å². The van der Waals surface area contributed by atoms with Crippen LogP contribution in [0.25, 0.3) is 0 Å². The van der Waals surface area contributed by atoms with Gasteiger partial charge in [-0.2, -0.15) is 5.10 Å². The van der Waals surface area contributed by atoms with E-state index in [1.54, 1.807) is 36.9 Å². The normalized spacial score (nSPS) is 11.6. The van der Waals surface area contributed by atoms with Gasteiger partial charge in [-0.3, -0.25) is 4.68 Å². The summed E-state index contributed by atoms with van der Waals surface area (Å²) in [6.45, 7) is 3.92. The van der Waals surface area contributed by atoms with E-state index < -0.39 is 10.0 Å². The fourth-order valence-corrected chi connectivity index (χ4v) is 3.35. The Morgan fingerprint density at radius 1 is 1.29 bits per heavy atom. The second kappa shape index (κ2) is 5.87. The molecule has 7 heteroatoms. The molecule has 0 atom stereocenters. The number of nitrogens with zero attached hydrogens (tertiary/aromatic N) is 2. The van der Waals surface area contributed by atoms with Crippen molar-refractivity contribution in [3.05, 3.63) is 41.2 Å². The molecule has 21 heavy (non-hydrogen) atoms. The van der Waals surface area contributed by atoms with E-state index in [-0.39, 0.29) is 4.90 Å². The van der Waals surface area contributed by atoms with Gasteiger partial charge in [0.05, 0.1) is 17.7 Å². The highest BCUT2D eigenvalue weighted by molar-refractivity contribution is 7.89. The monoisotopic (exact) mass is 309 g/mol. The number of hydrogen-bond donors (Lipinski definition) is 1. The summed E-state index contributed by atoms with van der Waals surface area (Å²) in [4.78, 5) is 0.169. The molecule has 1 heterocycles. The fraction of sp³-hybridized carbons (Fsp3) is 0.357. The zero-order chi connectivity index (χ0) is 15.6. The minimum atomic E-state index is -3.71. The maximum absolute atomic E-state index is 11.5. The van der Waals surface area contributed by atoms with Gasteiger partial charge in [0.15, 0.2) is 0 Å². The second-order valence-corrected chi connectivity index (χ2v) is 6.55. The van der Waals surface area contributed by atoms with Crippen LogP contribution in [0.3, 0.4) is 0 Å². The third kappa shape index (κ3) is 3.83. The summed E-state index contributed by atoms with van der Waals surface area (Å²) in [6.07, 6.45) is 4.47. The molecule has 0 bridgehead atoms. The van der Waals surface area contributed by atoms with Crippen molar-refractivity contribution < 1.29 is 13.2 Å². The average Bonchev–Trinajstić information content (AvgIpc) is 2.72. The average molecular weight is 309 g/mol. The third-order valence-electron chi connectivity index (χ3n) is 3.14. The molecule has 0 saturated heterocycles. The zero-order valence-corrected chi connectivity index (χ0v) is 13.1. The molecular weight excluding hydrogens is 290 g/mol. The van der Waals surface area contributed by atoms with Gasteiger partial charge in [0.2, 0.25) is 10.0 Å². The van der Waals surface area contributed by atoms with E-state index in [0.717, 1.165) is 12.0 Å². The summed E-state index contributed by atoms with van der Waals surface area (Å²) >= 11 is 0. The van der Waals surface area contributed by atoms with Crippen LogP contribution in [0.1, 0.15) is 16.7 Å². The van der Waals surface area contributed by atoms with Crippen molar-refractivity contribution in [3.63, 3.8) is 0 Å². The largest absolute Gasteiger partial charge is 0.493 e. The second-order valence-electron chi connectivity index (χ2n) is 5.05. The highest BCUT2D eigenvalue weighted by Crippen LogP contribution is 2.24. The van der Waals surface area contributed by atoms with Crippen LogP contribution in [0.5, 0.6) is 5.75 Å². The maximum atomic E-state index is 11.5. The molecule has 0 saturated carbocycles. The molecule has 0 fully saturated rings. The lowest BCUT2D eigenvalue weighted by atomic mass is 10.1. The van der Waals surface area contributed by atoms with Crippen molar-refractivity contribution in [1.29, 1.82) is 0 Å². The van der Waals surface area contributed by atoms with Gasteiger partial charge in [0.25, 0.3) is 0 Å². The molecule has 114 valence electrons. The van der Waals surface area contributed by atoms with Crippen LogP contribution in [-0.4, -0.2) is 24.8 Å². The van der Waals surface area contributed by atoms with Gasteiger partial charge in [-0.25, -0.2) is 13.6 Å². The maximum Gasteiger partial charge on any atom is 0.238 e. The minimum Gasteiger partial charge on any atom is -0.493 e. The minimum absolute atomic E-state index is 0.169. The van der Waals surface area contributed by atoms with Crippen LogP contribution in [0.15, 0.2) is 29.4 Å². The number of ether oxygens (including phenoxy) is 1. The molecule has 0 amide bonds. The van der Waals surface area contributed by atoms with Crippen LogP contribution >= 0.6 is 0 Å². The Hall–Kier alpha value is -1.86. The molecule has 0 aliphatic carbocycles. The van der Waals surface area contributed by atoms with E-state index in [1.165, 1.54) is 0 Å². The Kier molecular flexibility index (Phi) is 4.34. The molecule has 1 aromatic heterocycles. The van der Waals surface area contributed by atoms with E-state index in [1.807, 2.05) is 13.2 Å². The highest BCUT2D eigenvalue weighted by atomic mass is 32.2. The first kappa shape index (κ1) is 15.5. The number of aromatic nitrogens is 2. The number of hydrogen-bond acceptors (Lipinski definition) is 4. The molecule has 2 aromatic rings. The number of benzene rings is 1. The SMILES string of the molecule is Cc1cc(OCCc2cnn(C)c2)cc(C)c1S(N)(=O)=O. The van der Waals surface area contributed by atoms with Gasteiger partial charge in [0, 0.05) is 19.7 Å². The standard InChI is InChI=1S/C14H19N3O3S/c1-10-6-13(7-11(2)14(10)21(15,18)19)20-5-4-12-8-16-17(3)9-12/h6-9H,4-5H2,1-3H3,(H2,15,18,19). The Labute approximate surface area is 124 Å². The number of primary sulfonamides is 1. The molecule has 0 aliphatic rings. The summed E-state index contributed by atoms with van der Waals surface area (Å²) < 4.78 is 30.4. The molecule has 6 nitrogen and oxygen atoms in total. The third-order valence-corrected chi connectivity index (χ3v) is 4.35. The lowest BCUT2D eigenvalue weighted by Gasteiger charge is -2.11. The van der Waals surface area contributed by atoms with E-state index in [9.17, 15) is 8.42 Å². The smallest absolute Gasteiger partial charge is 0.238 e. The summed E-state index contributed by atoms with van der Waals surface area (Å²) in [5, 5.41) is 9.30. The molecule has 1 aromatic carbocycles. The lowest BCUT2D eigenvalue weighted by Crippen LogP contribution is -2.15. The van der Waals surface area contributed by atoms with Crippen molar-refractivity contribution in [1.82, 2.24) is 9.78 Å². The van der Waals surface area contributed by atoms with E-state index in [2.05, 4.69) is 5.10 Å². The number of nitrogens with two attached hydrogens (primary N) is 1. The summed E-state index contributed by atoms with van der Waals surface area (Å²) in [6, 6.07) is 3.38. The Balaban J connectivity index is 2.08. The van der Waals surface area contributed by atoms with Crippen molar-refractivity contribution in [2.24, 2.45) is 12.2 Å². The van der Waals surface area contributed by atoms with Crippen molar-refractivity contribution in [2.75, 3.05) is 6.61 Å². The molecule has 2 N–H and O–H groups in total.